The average Bonchev–Trinajstić information content (AvgIpc) is 2.54. The van der Waals surface area contributed by atoms with Gasteiger partial charge in [-0.3, -0.25) is 20.0 Å². The number of hydrogen-bond donors (Lipinski definition) is 2. The lowest BCUT2D eigenvalue weighted by atomic mass is 10.2. The second-order valence-electron chi connectivity index (χ2n) is 4.79. The Bertz CT molecular complexity index is 575. The zero-order valence-corrected chi connectivity index (χ0v) is 12.1. The molecule has 0 aliphatic heterocycles. The highest BCUT2D eigenvalue weighted by atomic mass is 16.4. The monoisotopic (exact) mass is 298 g/mol. The molecule has 2 N–H and O–H groups in total. The highest BCUT2D eigenvalue weighted by molar-refractivity contribution is 5.81. The van der Waals surface area contributed by atoms with Crippen molar-refractivity contribution in [2.24, 2.45) is 0 Å². The van der Waals surface area contributed by atoms with Crippen molar-refractivity contribution in [2.45, 2.75) is 19.3 Å². The predicted molar refractivity (Wildman–Crippen MR) is 84.7 cm³/mol. The number of anilines is 2. The van der Waals surface area contributed by atoms with E-state index >= 15 is 0 Å². The summed E-state index contributed by atoms with van der Waals surface area (Å²) in [7, 11) is 0. The van der Waals surface area contributed by atoms with Gasteiger partial charge >= 0.3 is 5.97 Å². The quantitative estimate of drug-likeness (QED) is 0.771. The topological polar surface area (TPSA) is 69.6 Å². The lowest BCUT2D eigenvalue weighted by Crippen LogP contribution is -2.38. The van der Waals surface area contributed by atoms with Crippen LogP contribution in [0.3, 0.4) is 0 Å². The Hall–Kier alpha value is -2.82. The Labute approximate surface area is 129 Å². The summed E-state index contributed by atoms with van der Waals surface area (Å²) in [5.41, 5.74) is 4.49. The maximum atomic E-state index is 12.0. The number of carbonyl (C=O) groups is 2. The first kappa shape index (κ1) is 15.6. The summed E-state index contributed by atoms with van der Waals surface area (Å²) >= 11 is 0. The van der Waals surface area contributed by atoms with Crippen LogP contribution in [0, 0.1) is 0 Å². The SMILES string of the molecule is O=C(O)CCCC(=O)NN(c1ccccc1)c1ccccc1. The number of carbonyl (C=O) groups excluding carboxylic acids is 1. The van der Waals surface area contributed by atoms with Crippen LogP contribution in [0.1, 0.15) is 19.3 Å². The van der Waals surface area contributed by atoms with Gasteiger partial charge in [-0.1, -0.05) is 36.4 Å². The number of hydrogen-bond acceptors (Lipinski definition) is 3. The van der Waals surface area contributed by atoms with E-state index in [1.807, 2.05) is 60.7 Å². The Morgan fingerprint density at radius 1 is 0.864 bits per heavy atom. The third-order valence-electron chi connectivity index (χ3n) is 3.06. The molecule has 0 aliphatic rings. The molecule has 2 rings (SSSR count). The number of amides is 1. The minimum atomic E-state index is -0.893. The van der Waals surface area contributed by atoms with Crippen molar-refractivity contribution in [1.82, 2.24) is 5.43 Å². The third-order valence-corrected chi connectivity index (χ3v) is 3.06. The molecule has 5 nitrogen and oxygen atoms in total. The van der Waals surface area contributed by atoms with Crippen molar-refractivity contribution in [2.75, 3.05) is 5.01 Å². The number of nitrogens with one attached hydrogen (secondary N) is 1. The molecule has 0 bridgehead atoms. The molecule has 2 aromatic carbocycles. The zero-order chi connectivity index (χ0) is 15.8. The van der Waals surface area contributed by atoms with Crippen LogP contribution in [-0.4, -0.2) is 17.0 Å². The molecule has 0 atom stereocenters. The van der Waals surface area contributed by atoms with Gasteiger partial charge in [0.25, 0.3) is 0 Å². The van der Waals surface area contributed by atoms with Gasteiger partial charge in [0, 0.05) is 12.8 Å². The van der Waals surface area contributed by atoms with Gasteiger partial charge in [-0.25, -0.2) is 0 Å². The molecule has 2 aromatic rings. The molecule has 1 amide bonds. The van der Waals surface area contributed by atoms with Crippen LogP contribution < -0.4 is 10.4 Å². The number of nitrogens with zero attached hydrogens (tertiary/aromatic N) is 1. The van der Waals surface area contributed by atoms with Crippen molar-refractivity contribution in [3.05, 3.63) is 60.7 Å². The van der Waals surface area contributed by atoms with Crippen LogP contribution in [-0.2, 0) is 9.59 Å². The highest BCUT2D eigenvalue weighted by Gasteiger charge is 2.12. The minimum Gasteiger partial charge on any atom is -0.481 e. The summed E-state index contributed by atoms with van der Waals surface area (Å²) in [6.45, 7) is 0. The first-order valence-electron chi connectivity index (χ1n) is 7.08. The fourth-order valence-electron chi connectivity index (χ4n) is 2.01. The largest absolute Gasteiger partial charge is 0.481 e. The average molecular weight is 298 g/mol. The van der Waals surface area contributed by atoms with E-state index in [9.17, 15) is 9.59 Å². The van der Waals surface area contributed by atoms with Crippen LogP contribution in [0.5, 0.6) is 0 Å². The fourth-order valence-corrected chi connectivity index (χ4v) is 2.01. The van der Waals surface area contributed by atoms with E-state index in [0.717, 1.165) is 11.4 Å². The molecule has 114 valence electrons. The summed E-state index contributed by atoms with van der Waals surface area (Å²) in [6.07, 6.45) is 0.477. The molecule has 0 fully saturated rings. The van der Waals surface area contributed by atoms with Gasteiger partial charge in [-0.05, 0) is 30.7 Å². The normalized spacial score (nSPS) is 10.0. The summed E-state index contributed by atoms with van der Waals surface area (Å²) in [5.74, 6) is -1.11. The van der Waals surface area contributed by atoms with E-state index in [-0.39, 0.29) is 18.7 Å². The summed E-state index contributed by atoms with van der Waals surface area (Å²) in [6, 6.07) is 18.9. The second-order valence-corrected chi connectivity index (χ2v) is 4.79. The Balaban J connectivity index is 2.09. The number of carboxylic acid groups (broad SMARTS) is 1. The molecule has 0 spiro atoms. The molecule has 0 aromatic heterocycles. The molecule has 0 radical (unpaired) electrons. The molecule has 5 heteroatoms. The van der Waals surface area contributed by atoms with Crippen LogP contribution >= 0.6 is 0 Å². The Morgan fingerprint density at radius 2 is 1.36 bits per heavy atom. The predicted octanol–water partition coefficient (Wildman–Crippen LogP) is 3.11. The van der Waals surface area contributed by atoms with E-state index in [1.54, 1.807) is 5.01 Å². The Kier molecular flexibility index (Phi) is 5.54. The summed E-state index contributed by atoms with van der Waals surface area (Å²) < 4.78 is 0. The number of aliphatic carboxylic acids is 1. The molecular weight excluding hydrogens is 280 g/mol. The molecular formula is C17H18N2O3. The first-order chi connectivity index (χ1) is 10.7. The van der Waals surface area contributed by atoms with Crippen molar-refractivity contribution < 1.29 is 14.7 Å². The maximum absolute atomic E-state index is 12.0. The number of hydrazine groups is 1. The second kappa shape index (κ2) is 7.83. The molecule has 0 saturated heterocycles. The van der Waals surface area contributed by atoms with Gasteiger partial charge in [0.15, 0.2) is 0 Å². The van der Waals surface area contributed by atoms with Crippen molar-refractivity contribution in [1.29, 1.82) is 0 Å². The van der Waals surface area contributed by atoms with E-state index in [4.69, 9.17) is 5.11 Å². The maximum Gasteiger partial charge on any atom is 0.303 e. The Morgan fingerprint density at radius 3 is 1.82 bits per heavy atom. The minimum absolute atomic E-state index is 0.00983. The lowest BCUT2D eigenvalue weighted by Gasteiger charge is -2.25. The lowest BCUT2D eigenvalue weighted by molar-refractivity contribution is -0.137. The van der Waals surface area contributed by atoms with E-state index in [2.05, 4.69) is 5.43 Å². The zero-order valence-electron chi connectivity index (χ0n) is 12.1. The van der Waals surface area contributed by atoms with Crippen LogP contribution in [0.4, 0.5) is 11.4 Å². The van der Waals surface area contributed by atoms with Gasteiger partial charge in [-0.15, -0.1) is 0 Å². The van der Waals surface area contributed by atoms with Crippen molar-refractivity contribution in [3.8, 4) is 0 Å². The third kappa shape index (κ3) is 4.63. The van der Waals surface area contributed by atoms with Crippen LogP contribution in [0.2, 0.25) is 0 Å². The molecule has 0 aliphatic carbocycles. The smallest absolute Gasteiger partial charge is 0.303 e. The van der Waals surface area contributed by atoms with E-state index in [1.165, 1.54) is 0 Å². The van der Waals surface area contributed by atoms with Crippen molar-refractivity contribution >= 4 is 23.3 Å². The van der Waals surface area contributed by atoms with Gasteiger partial charge in [0.2, 0.25) is 5.91 Å². The molecule has 22 heavy (non-hydrogen) atoms. The summed E-state index contributed by atoms with van der Waals surface area (Å²) in [5, 5.41) is 10.3. The fraction of sp³-hybridized carbons (Fsp3) is 0.176. The standard InChI is InChI=1S/C17H18N2O3/c20-16(12-7-13-17(21)22)18-19(14-8-3-1-4-9-14)15-10-5-2-6-11-15/h1-6,8-11H,7,12-13H2,(H,18,20)(H,21,22). The van der Waals surface area contributed by atoms with E-state index < -0.39 is 5.97 Å². The van der Waals surface area contributed by atoms with Gasteiger partial charge < -0.3 is 5.11 Å². The van der Waals surface area contributed by atoms with Crippen LogP contribution in [0.25, 0.3) is 0 Å². The van der Waals surface area contributed by atoms with E-state index in [0.29, 0.717) is 6.42 Å². The number of benzene rings is 2. The molecule has 0 heterocycles. The summed E-state index contributed by atoms with van der Waals surface area (Å²) in [4.78, 5) is 22.5. The number of carboxylic acids is 1. The van der Waals surface area contributed by atoms with Crippen LogP contribution in [0.15, 0.2) is 60.7 Å². The van der Waals surface area contributed by atoms with Crippen molar-refractivity contribution in [3.63, 3.8) is 0 Å². The number of para-hydroxylation sites is 2. The molecule has 0 saturated carbocycles. The highest BCUT2D eigenvalue weighted by Crippen LogP contribution is 2.22. The van der Waals surface area contributed by atoms with Gasteiger partial charge in [0.1, 0.15) is 0 Å². The first-order valence-corrected chi connectivity index (χ1v) is 7.08. The number of rotatable bonds is 7. The molecule has 0 unspecified atom stereocenters. The van der Waals surface area contributed by atoms with Gasteiger partial charge in [-0.2, -0.15) is 0 Å². The van der Waals surface area contributed by atoms with Gasteiger partial charge in [0.05, 0.1) is 11.4 Å².